The van der Waals surface area contributed by atoms with Crippen LogP contribution in [0.3, 0.4) is 0 Å². The van der Waals surface area contributed by atoms with Gasteiger partial charge in [-0.25, -0.2) is 0 Å². The number of aliphatic hydroxyl groups excluding tert-OH is 1. The fourth-order valence-electron chi connectivity index (χ4n) is 3.37. The van der Waals surface area contributed by atoms with Gasteiger partial charge in [0.2, 0.25) is 0 Å². The van der Waals surface area contributed by atoms with Gasteiger partial charge in [-0.3, -0.25) is 4.90 Å². The van der Waals surface area contributed by atoms with Gasteiger partial charge in [0.15, 0.2) is 0 Å². The monoisotopic (exact) mass is 226 g/mol. The van der Waals surface area contributed by atoms with E-state index in [0.29, 0.717) is 23.9 Å². The summed E-state index contributed by atoms with van der Waals surface area (Å²) >= 11 is 0. The molecule has 3 atom stereocenters. The lowest BCUT2D eigenvalue weighted by atomic mass is 9.92. The molecular weight excluding hydrogens is 200 g/mol. The van der Waals surface area contributed by atoms with Crippen molar-refractivity contribution in [1.29, 1.82) is 0 Å². The minimum atomic E-state index is -0.0517. The Bertz CT molecular complexity index is 218. The van der Waals surface area contributed by atoms with Crippen LogP contribution in [0.5, 0.6) is 0 Å². The van der Waals surface area contributed by atoms with Crippen molar-refractivity contribution in [2.24, 2.45) is 17.6 Å². The van der Waals surface area contributed by atoms with E-state index in [0.717, 1.165) is 25.9 Å². The summed E-state index contributed by atoms with van der Waals surface area (Å²) < 4.78 is 0. The third-order valence-electron chi connectivity index (χ3n) is 4.55. The molecule has 94 valence electrons. The lowest BCUT2D eigenvalue weighted by Gasteiger charge is -2.39. The third kappa shape index (κ3) is 2.41. The van der Waals surface area contributed by atoms with Crippen molar-refractivity contribution in [2.45, 2.75) is 57.7 Å². The SMILES string of the molecule is CC(C)C(CN)CN1C2CCC1CC(O)C2. The minimum absolute atomic E-state index is 0.0517. The highest BCUT2D eigenvalue weighted by atomic mass is 16.3. The molecule has 2 saturated heterocycles. The highest BCUT2D eigenvalue weighted by Gasteiger charge is 2.40. The average Bonchev–Trinajstić information content (AvgIpc) is 2.46. The van der Waals surface area contributed by atoms with Gasteiger partial charge in [-0.1, -0.05) is 13.8 Å². The zero-order chi connectivity index (χ0) is 11.7. The van der Waals surface area contributed by atoms with Crippen LogP contribution in [0.25, 0.3) is 0 Å². The maximum atomic E-state index is 9.76. The molecule has 3 N–H and O–H groups in total. The molecule has 0 amide bonds. The lowest BCUT2D eigenvalue weighted by Crippen LogP contribution is -2.48. The normalized spacial score (nSPS) is 36.9. The smallest absolute Gasteiger partial charge is 0.0570 e. The van der Waals surface area contributed by atoms with E-state index in [2.05, 4.69) is 18.7 Å². The van der Waals surface area contributed by atoms with Gasteiger partial charge in [0.25, 0.3) is 0 Å². The van der Waals surface area contributed by atoms with Crippen LogP contribution in [0.2, 0.25) is 0 Å². The number of rotatable bonds is 4. The summed E-state index contributed by atoms with van der Waals surface area (Å²) in [6, 6.07) is 1.25. The summed E-state index contributed by atoms with van der Waals surface area (Å²) in [6.45, 7) is 6.45. The first-order chi connectivity index (χ1) is 7.61. The quantitative estimate of drug-likeness (QED) is 0.757. The second-order valence-corrected chi connectivity index (χ2v) is 5.95. The van der Waals surface area contributed by atoms with Crippen LogP contribution in [0, 0.1) is 11.8 Å². The van der Waals surface area contributed by atoms with Crippen LogP contribution in [-0.4, -0.2) is 41.3 Å². The molecule has 2 heterocycles. The van der Waals surface area contributed by atoms with Crippen LogP contribution < -0.4 is 5.73 Å². The molecule has 3 unspecified atom stereocenters. The second kappa shape index (κ2) is 5.03. The van der Waals surface area contributed by atoms with Gasteiger partial charge in [0, 0.05) is 18.6 Å². The van der Waals surface area contributed by atoms with Crippen molar-refractivity contribution in [2.75, 3.05) is 13.1 Å². The summed E-state index contributed by atoms with van der Waals surface area (Å²) in [5.74, 6) is 1.27. The Morgan fingerprint density at radius 1 is 1.25 bits per heavy atom. The highest BCUT2D eigenvalue weighted by Crippen LogP contribution is 2.36. The Balaban J connectivity index is 1.95. The molecule has 0 aromatic carbocycles. The predicted octanol–water partition coefficient (Wildman–Crippen LogP) is 1.20. The number of hydrogen-bond donors (Lipinski definition) is 2. The van der Waals surface area contributed by atoms with Crippen LogP contribution >= 0.6 is 0 Å². The van der Waals surface area contributed by atoms with Crippen LogP contribution in [-0.2, 0) is 0 Å². The first-order valence-electron chi connectivity index (χ1n) is 6.75. The molecule has 3 heteroatoms. The Hall–Kier alpha value is -0.120. The highest BCUT2D eigenvalue weighted by molar-refractivity contribution is 4.96. The average molecular weight is 226 g/mol. The van der Waals surface area contributed by atoms with Gasteiger partial charge >= 0.3 is 0 Å². The van der Waals surface area contributed by atoms with Crippen molar-refractivity contribution in [3.05, 3.63) is 0 Å². The minimum Gasteiger partial charge on any atom is -0.393 e. The fraction of sp³-hybridized carbons (Fsp3) is 1.00. The Morgan fingerprint density at radius 2 is 1.81 bits per heavy atom. The summed E-state index contributed by atoms with van der Waals surface area (Å²) in [6.07, 6.45) is 4.45. The van der Waals surface area contributed by atoms with Gasteiger partial charge in [-0.2, -0.15) is 0 Å². The van der Waals surface area contributed by atoms with Gasteiger partial charge in [-0.05, 0) is 44.1 Å². The summed E-state index contributed by atoms with van der Waals surface area (Å²) in [4.78, 5) is 2.63. The Morgan fingerprint density at radius 3 is 2.25 bits per heavy atom. The van der Waals surface area contributed by atoms with Crippen molar-refractivity contribution < 1.29 is 5.11 Å². The van der Waals surface area contributed by atoms with E-state index >= 15 is 0 Å². The molecule has 2 bridgehead atoms. The summed E-state index contributed by atoms with van der Waals surface area (Å²) in [5.41, 5.74) is 5.85. The van der Waals surface area contributed by atoms with E-state index in [4.69, 9.17) is 5.73 Å². The van der Waals surface area contributed by atoms with Crippen molar-refractivity contribution in [3.8, 4) is 0 Å². The first-order valence-corrected chi connectivity index (χ1v) is 6.75. The predicted molar refractivity (Wildman–Crippen MR) is 66.1 cm³/mol. The molecule has 2 aliphatic rings. The fourth-order valence-corrected chi connectivity index (χ4v) is 3.37. The Labute approximate surface area is 99.0 Å². The molecule has 0 aromatic heterocycles. The van der Waals surface area contributed by atoms with Crippen LogP contribution in [0.4, 0.5) is 0 Å². The maximum Gasteiger partial charge on any atom is 0.0570 e. The van der Waals surface area contributed by atoms with Crippen molar-refractivity contribution in [1.82, 2.24) is 4.90 Å². The van der Waals surface area contributed by atoms with E-state index in [-0.39, 0.29) is 6.10 Å². The van der Waals surface area contributed by atoms with E-state index in [1.807, 2.05) is 0 Å². The van der Waals surface area contributed by atoms with E-state index in [1.165, 1.54) is 12.8 Å². The van der Waals surface area contributed by atoms with E-state index < -0.39 is 0 Å². The van der Waals surface area contributed by atoms with Crippen LogP contribution in [0.1, 0.15) is 39.5 Å². The van der Waals surface area contributed by atoms with Gasteiger partial charge in [0.05, 0.1) is 6.10 Å². The molecule has 0 aliphatic carbocycles. The van der Waals surface area contributed by atoms with Gasteiger partial charge in [0.1, 0.15) is 0 Å². The van der Waals surface area contributed by atoms with Crippen molar-refractivity contribution >= 4 is 0 Å². The molecule has 2 aliphatic heterocycles. The molecule has 16 heavy (non-hydrogen) atoms. The molecule has 0 saturated carbocycles. The topological polar surface area (TPSA) is 49.5 Å². The molecule has 2 fully saturated rings. The standard InChI is InChI=1S/C13H26N2O/c1-9(2)10(7-14)8-15-11-3-4-12(15)6-13(16)5-11/h9-13,16H,3-8,14H2,1-2H3. The Kier molecular flexibility index (Phi) is 3.88. The molecule has 0 aromatic rings. The molecular formula is C13H26N2O. The lowest BCUT2D eigenvalue weighted by molar-refractivity contribution is 0.0237. The number of nitrogens with two attached hydrogens (primary N) is 1. The van der Waals surface area contributed by atoms with E-state index in [1.54, 1.807) is 0 Å². The molecule has 0 radical (unpaired) electrons. The third-order valence-corrected chi connectivity index (χ3v) is 4.55. The summed E-state index contributed by atoms with van der Waals surface area (Å²) in [5, 5.41) is 9.76. The zero-order valence-electron chi connectivity index (χ0n) is 10.6. The number of piperidine rings is 1. The molecule has 0 spiro atoms. The number of aliphatic hydroxyl groups is 1. The van der Waals surface area contributed by atoms with Gasteiger partial charge in [-0.15, -0.1) is 0 Å². The largest absolute Gasteiger partial charge is 0.393 e. The zero-order valence-corrected chi connectivity index (χ0v) is 10.6. The maximum absolute atomic E-state index is 9.76. The second-order valence-electron chi connectivity index (χ2n) is 5.95. The molecule has 3 nitrogen and oxygen atoms in total. The van der Waals surface area contributed by atoms with E-state index in [9.17, 15) is 5.11 Å². The number of fused-ring (bicyclic) bond motifs is 2. The van der Waals surface area contributed by atoms with Crippen LogP contribution in [0.15, 0.2) is 0 Å². The summed E-state index contributed by atoms with van der Waals surface area (Å²) in [7, 11) is 0. The number of hydrogen-bond acceptors (Lipinski definition) is 3. The first kappa shape index (κ1) is 12.3. The van der Waals surface area contributed by atoms with Crippen molar-refractivity contribution in [3.63, 3.8) is 0 Å². The van der Waals surface area contributed by atoms with Gasteiger partial charge < -0.3 is 10.8 Å². The molecule has 2 rings (SSSR count). The number of nitrogens with zero attached hydrogens (tertiary/aromatic N) is 1.